The molecule has 0 saturated carbocycles. The van der Waals surface area contributed by atoms with Gasteiger partial charge in [0.05, 0.1) is 4.92 Å². The van der Waals surface area contributed by atoms with Gasteiger partial charge in [0.25, 0.3) is 11.6 Å². The molecule has 0 spiro atoms. The second kappa shape index (κ2) is 7.82. The van der Waals surface area contributed by atoms with Crippen LogP contribution in [0.15, 0.2) is 36.0 Å². The predicted molar refractivity (Wildman–Crippen MR) is 78.4 cm³/mol. The fourth-order valence-corrected chi connectivity index (χ4v) is 1.62. The third-order valence-electron chi connectivity index (χ3n) is 3.12. The molecule has 0 unspecified atom stereocenters. The van der Waals surface area contributed by atoms with Gasteiger partial charge in [0.2, 0.25) is 5.78 Å². The van der Waals surface area contributed by atoms with Gasteiger partial charge in [0.15, 0.2) is 0 Å². The zero-order chi connectivity index (χ0) is 21.9. The number of hydrogen-bond donors (Lipinski definition) is 2. The molecule has 0 heterocycles. The largest absolute Gasteiger partial charge is 0.460 e. The van der Waals surface area contributed by atoms with Gasteiger partial charge in [-0.3, -0.25) is 25.1 Å². The Morgan fingerprint density at radius 2 is 1.50 bits per heavy atom. The van der Waals surface area contributed by atoms with Crippen molar-refractivity contribution in [3.8, 4) is 0 Å². The molecule has 0 aliphatic rings. The summed E-state index contributed by atoms with van der Waals surface area (Å²) >= 11 is 0. The molecular formula is C14H10F7N3O4. The fourth-order valence-electron chi connectivity index (χ4n) is 1.62. The van der Waals surface area contributed by atoms with Crippen LogP contribution in [0.5, 0.6) is 0 Å². The van der Waals surface area contributed by atoms with E-state index in [0.717, 1.165) is 31.2 Å². The normalized spacial score (nSPS) is 13.1. The van der Waals surface area contributed by atoms with E-state index >= 15 is 0 Å². The summed E-state index contributed by atoms with van der Waals surface area (Å²) in [5.74, 6) is -16.5. The van der Waals surface area contributed by atoms with Crippen LogP contribution < -0.4 is 10.9 Å². The number of carbonyl (C=O) groups is 2. The lowest BCUT2D eigenvalue weighted by atomic mass is 10.1. The van der Waals surface area contributed by atoms with E-state index in [-0.39, 0.29) is 17.3 Å². The molecule has 0 atom stereocenters. The number of allylic oxidation sites excluding steroid dienone is 2. The summed E-state index contributed by atoms with van der Waals surface area (Å²) < 4.78 is 88.0. The quantitative estimate of drug-likeness (QED) is 0.307. The molecule has 0 aromatic heterocycles. The van der Waals surface area contributed by atoms with Crippen molar-refractivity contribution in [2.45, 2.75) is 24.9 Å². The molecule has 1 amide bonds. The number of nitrogens with one attached hydrogen (secondary N) is 2. The summed E-state index contributed by atoms with van der Waals surface area (Å²) in [6, 6.07) is 4.00. The molecule has 1 rings (SSSR count). The molecule has 1 aromatic rings. The third kappa shape index (κ3) is 4.75. The monoisotopic (exact) mass is 417 g/mol. The average Bonchev–Trinajstić information content (AvgIpc) is 2.58. The van der Waals surface area contributed by atoms with E-state index in [1.807, 2.05) is 10.9 Å². The molecule has 1 aromatic carbocycles. The third-order valence-corrected chi connectivity index (χ3v) is 3.12. The summed E-state index contributed by atoms with van der Waals surface area (Å²) in [4.78, 5) is 32.6. The highest BCUT2D eigenvalue weighted by molar-refractivity contribution is 5.97. The van der Waals surface area contributed by atoms with Gasteiger partial charge in [-0.2, -0.15) is 30.7 Å². The van der Waals surface area contributed by atoms with Crippen LogP contribution in [-0.2, 0) is 4.79 Å². The number of halogens is 7. The number of nitro benzene ring substituents is 1. The van der Waals surface area contributed by atoms with Crippen molar-refractivity contribution in [2.75, 3.05) is 0 Å². The number of rotatable bonds is 7. The topological polar surface area (TPSA) is 101 Å². The second-order valence-corrected chi connectivity index (χ2v) is 5.22. The van der Waals surface area contributed by atoms with Crippen LogP contribution >= 0.6 is 0 Å². The van der Waals surface area contributed by atoms with Crippen molar-refractivity contribution >= 4 is 17.4 Å². The molecule has 14 heteroatoms. The number of carbonyl (C=O) groups excluding carboxylic acids is 2. The minimum absolute atomic E-state index is 0.147. The Morgan fingerprint density at radius 3 is 1.93 bits per heavy atom. The first kappa shape index (κ1) is 22.9. The number of ketones is 1. The van der Waals surface area contributed by atoms with Crippen LogP contribution in [0.3, 0.4) is 0 Å². The Kier molecular flexibility index (Phi) is 6.38. The van der Waals surface area contributed by atoms with E-state index in [4.69, 9.17) is 0 Å². The van der Waals surface area contributed by atoms with Gasteiger partial charge in [0, 0.05) is 29.5 Å². The summed E-state index contributed by atoms with van der Waals surface area (Å²) in [6.45, 7) is 0.829. The summed E-state index contributed by atoms with van der Waals surface area (Å²) in [6.07, 6.45) is -6.90. The number of nitro groups is 1. The molecule has 0 bridgehead atoms. The molecule has 7 nitrogen and oxygen atoms in total. The van der Waals surface area contributed by atoms with Gasteiger partial charge in [-0.25, -0.2) is 0 Å². The Bertz CT molecular complexity index is 804. The number of amides is 1. The van der Waals surface area contributed by atoms with Crippen LogP contribution in [0.25, 0.3) is 0 Å². The first-order valence-corrected chi connectivity index (χ1v) is 6.97. The molecular weight excluding hydrogens is 407 g/mol. The number of alkyl halides is 7. The summed E-state index contributed by atoms with van der Waals surface area (Å²) in [7, 11) is 0. The predicted octanol–water partition coefficient (Wildman–Crippen LogP) is 3.14. The molecule has 28 heavy (non-hydrogen) atoms. The van der Waals surface area contributed by atoms with E-state index < -0.39 is 40.3 Å². The zero-order valence-electron chi connectivity index (χ0n) is 13.6. The van der Waals surface area contributed by atoms with Crippen LogP contribution in [0, 0.1) is 10.1 Å². The number of hydrogen-bond acceptors (Lipinski definition) is 5. The maximum absolute atomic E-state index is 13.2. The lowest BCUT2D eigenvalue weighted by molar-refractivity contribution is -0.384. The average molecular weight is 417 g/mol. The Balaban J connectivity index is 2.82. The van der Waals surface area contributed by atoms with Gasteiger partial charge < -0.3 is 5.43 Å². The first-order valence-electron chi connectivity index (χ1n) is 6.97. The van der Waals surface area contributed by atoms with Crippen LogP contribution in [-0.4, -0.2) is 34.6 Å². The standard InChI is InChI=1S/C14H10F7N3O4/c1-7(6-10(25)12(15,16)13(17,18)14(19,20)21)22-23-11(26)8-2-4-9(5-3-8)24(27)28/h2-6,22H,1H3,(H,23,26). The van der Waals surface area contributed by atoms with Crippen molar-refractivity contribution in [1.82, 2.24) is 10.9 Å². The lowest BCUT2D eigenvalue weighted by Gasteiger charge is -2.26. The van der Waals surface area contributed by atoms with Crippen molar-refractivity contribution in [3.05, 3.63) is 51.7 Å². The van der Waals surface area contributed by atoms with E-state index in [1.165, 1.54) is 0 Å². The minimum atomic E-state index is -6.66. The first-order chi connectivity index (χ1) is 12.6. The maximum Gasteiger partial charge on any atom is 0.460 e. The van der Waals surface area contributed by atoms with Crippen molar-refractivity contribution < 1.29 is 45.2 Å². The number of nitrogens with zero attached hydrogens (tertiary/aromatic N) is 1. The Hall–Kier alpha value is -3.19. The van der Waals surface area contributed by atoms with E-state index in [9.17, 15) is 50.4 Å². The summed E-state index contributed by atoms with van der Waals surface area (Å²) in [5.41, 5.74) is 2.53. The molecule has 2 N–H and O–H groups in total. The van der Waals surface area contributed by atoms with Crippen molar-refractivity contribution in [3.63, 3.8) is 0 Å². The SMILES string of the molecule is CC(=CC(=O)C(F)(F)C(F)(F)C(F)(F)F)NNC(=O)c1ccc([N+](=O)[O-])cc1. The minimum Gasteiger partial charge on any atom is -0.303 e. The van der Waals surface area contributed by atoms with E-state index in [1.54, 1.807) is 0 Å². The number of benzene rings is 1. The summed E-state index contributed by atoms with van der Waals surface area (Å²) in [5, 5.41) is 10.5. The molecule has 0 saturated heterocycles. The highest BCUT2D eigenvalue weighted by Crippen LogP contribution is 2.47. The van der Waals surface area contributed by atoms with Crippen molar-refractivity contribution in [2.24, 2.45) is 0 Å². The highest BCUT2D eigenvalue weighted by atomic mass is 19.4. The van der Waals surface area contributed by atoms with Gasteiger partial charge >= 0.3 is 18.0 Å². The fraction of sp³-hybridized carbons (Fsp3) is 0.286. The molecule has 0 aliphatic heterocycles. The zero-order valence-corrected chi connectivity index (χ0v) is 13.6. The van der Waals surface area contributed by atoms with E-state index in [2.05, 4.69) is 0 Å². The number of hydrazine groups is 1. The molecule has 0 radical (unpaired) electrons. The Morgan fingerprint density at radius 1 is 1.00 bits per heavy atom. The van der Waals surface area contributed by atoms with E-state index in [0.29, 0.717) is 0 Å². The lowest BCUT2D eigenvalue weighted by Crippen LogP contribution is -2.55. The van der Waals surface area contributed by atoms with Gasteiger partial charge in [-0.05, 0) is 19.1 Å². The van der Waals surface area contributed by atoms with Gasteiger partial charge in [-0.1, -0.05) is 0 Å². The van der Waals surface area contributed by atoms with Gasteiger partial charge in [0.1, 0.15) is 0 Å². The van der Waals surface area contributed by atoms with Crippen LogP contribution in [0.2, 0.25) is 0 Å². The van der Waals surface area contributed by atoms with Crippen molar-refractivity contribution in [1.29, 1.82) is 0 Å². The molecule has 154 valence electrons. The molecule has 0 fully saturated rings. The maximum atomic E-state index is 13.2. The van der Waals surface area contributed by atoms with Crippen LogP contribution in [0.1, 0.15) is 17.3 Å². The number of non-ortho nitro benzene ring substituents is 1. The smallest absolute Gasteiger partial charge is 0.303 e. The second-order valence-electron chi connectivity index (χ2n) is 5.22. The molecule has 0 aliphatic carbocycles. The van der Waals surface area contributed by atoms with Crippen LogP contribution in [0.4, 0.5) is 36.4 Å². The van der Waals surface area contributed by atoms with Gasteiger partial charge in [-0.15, -0.1) is 0 Å². The Labute approximate surface area is 151 Å². The highest BCUT2D eigenvalue weighted by Gasteiger charge is 2.75.